The number of rotatable bonds is 3. The van der Waals surface area contributed by atoms with Gasteiger partial charge in [0.2, 0.25) is 0 Å². The van der Waals surface area contributed by atoms with Gasteiger partial charge in [0, 0.05) is 0 Å². The molecule has 0 aliphatic carbocycles. The van der Waals surface area contributed by atoms with E-state index in [4.69, 9.17) is 14.7 Å². The molecular weight excluding hydrogens is 411 g/mol. The molecular formula is C28H37BO4. The normalized spacial score (nSPS) is 11.5. The fourth-order valence-corrected chi connectivity index (χ4v) is 3.69. The van der Waals surface area contributed by atoms with Gasteiger partial charge in [-0.05, 0) is 82.3 Å². The molecule has 0 aliphatic rings. The molecule has 3 aromatic carbocycles. The molecule has 0 saturated carbocycles. The molecule has 0 bridgehead atoms. The second kappa shape index (κ2) is 10.5. The van der Waals surface area contributed by atoms with E-state index in [1.165, 1.54) is 22.3 Å². The summed E-state index contributed by atoms with van der Waals surface area (Å²) in [4.78, 5) is 0. The summed E-state index contributed by atoms with van der Waals surface area (Å²) in [5.41, 5.74) is 7.44. The topological polar surface area (TPSA) is 69.9 Å². The molecule has 3 aromatic rings. The first-order valence-electron chi connectivity index (χ1n) is 11.2. The highest BCUT2D eigenvalue weighted by Gasteiger charge is 2.16. The number of phenols is 1. The van der Waals surface area contributed by atoms with Gasteiger partial charge in [-0.3, -0.25) is 0 Å². The van der Waals surface area contributed by atoms with Gasteiger partial charge in [0.25, 0.3) is 0 Å². The maximum atomic E-state index is 9.62. The summed E-state index contributed by atoms with van der Waals surface area (Å²) < 4.78 is 4.69. The minimum atomic E-state index is -1.75. The SMILES string of the molecule is CC(C)(C)c1ccc(OB(O)O)cc1.Cc1cc(O)cc(C)c1-c1ccc(C(C)(C)C)cc1. The molecule has 0 aromatic heterocycles. The molecule has 5 heteroatoms. The van der Waals surface area contributed by atoms with Gasteiger partial charge in [-0.25, -0.2) is 0 Å². The van der Waals surface area contributed by atoms with Crippen LogP contribution >= 0.6 is 0 Å². The third kappa shape index (κ3) is 7.66. The summed E-state index contributed by atoms with van der Waals surface area (Å²) in [5.74, 6) is 0.790. The zero-order chi connectivity index (χ0) is 25.0. The molecule has 3 N–H and O–H groups in total. The summed E-state index contributed by atoms with van der Waals surface area (Å²) in [6, 6.07) is 19.7. The van der Waals surface area contributed by atoms with E-state index in [0.717, 1.165) is 11.1 Å². The molecule has 0 atom stereocenters. The minimum Gasteiger partial charge on any atom is -0.512 e. The van der Waals surface area contributed by atoms with Gasteiger partial charge in [0.15, 0.2) is 0 Å². The first-order chi connectivity index (χ1) is 15.2. The Hall–Kier alpha value is -2.76. The molecule has 0 saturated heterocycles. The number of aryl methyl sites for hydroxylation is 2. The van der Waals surface area contributed by atoms with E-state index in [1.807, 2.05) is 38.1 Å². The van der Waals surface area contributed by atoms with Gasteiger partial charge in [-0.1, -0.05) is 77.9 Å². The number of aromatic hydroxyl groups is 1. The van der Waals surface area contributed by atoms with Crippen LogP contribution in [0.2, 0.25) is 0 Å². The van der Waals surface area contributed by atoms with E-state index in [2.05, 4.69) is 65.8 Å². The van der Waals surface area contributed by atoms with Crippen LogP contribution in [-0.2, 0) is 10.8 Å². The van der Waals surface area contributed by atoms with Crippen LogP contribution in [0.15, 0.2) is 60.7 Å². The average Bonchev–Trinajstić information content (AvgIpc) is 2.67. The summed E-state index contributed by atoms with van der Waals surface area (Å²) in [6.45, 7) is 17.1. The Bertz CT molecular complexity index is 1020. The molecule has 33 heavy (non-hydrogen) atoms. The van der Waals surface area contributed by atoms with E-state index < -0.39 is 7.32 Å². The average molecular weight is 448 g/mol. The Morgan fingerprint density at radius 1 is 0.667 bits per heavy atom. The van der Waals surface area contributed by atoms with Gasteiger partial charge in [-0.15, -0.1) is 0 Å². The van der Waals surface area contributed by atoms with E-state index in [0.29, 0.717) is 11.5 Å². The highest BCUT2D eigenvalue weighted by atomic mass is 16.6. The van der Waals surface area contributed by atoms with E-state index in [1.54, 1.807) is 12.1 Å². The predicted octanol–water partition coefficient (Wildman–Crippen LogP) is 6.31. The third-order valence-corrected chi connectivity index (χ3v) is 5.52. The molecule has 176 valence electrons. The van der Waals surface area contributed by atoms with Gasteiger partial charge in [0.05, 0.1) is 0 Å². The van der Waals surface area contributed by atoms with Crippen LogP contribution in [0, 0.1) is 13.8 Å². The molecule has 3 rings (SSSR count). The van der Waals surface area contributed by atoms with Crippen molar-refractivity contribution in [2.24, 2.45) is 0 Å². The van der Waals surface area contributed by atoms with Crippen LogP contribution in [0.1, 0.15) is 63.8 Å². The van der Waals surface area contributed by atoms with Crippen LogP contribution < -0.4 is 4.65 Å². The van der Waals surface area contributed by atoms with Crippen molar-refractivity contribution in [3.63, 3.8) is 0 Å². The Morgan fingerprint density at radius 2 is 1.06 bits per heavy atom. The lowest BCUT2D eigenvalue weighted by Crippen LogP contribution is -2.20. The van der Waals surface area contributed by atoms with Gasteiger partial charge in [0.1, 0.15) is 11.5 Å². The number of hydrogen-bond acceptors (Lipinski definition) is 4. The van der Waals surface area contributed by atoms with Gasteiger partial charge < -0.3 is 19.8 Å². The first kappa shape index (κ1) is 26.5. The smallest absolute Gasteiger partial charge is 0.512 e. The lowest BCUT2D eigenvalue weighted by Gasteiger charge is -2.19. The van der Waals surface area contributed by atoms with Crippen molar-refractivity contribution in [3.05, 3.63) is 82.9 Å². The lowest BCUT2D eigenvalue weighted by atomic mass is 9.85. The second-order valence-corrected chi connectivity index (χ2v) is 10.5. The molecule has 0 aliphatic heterocycles. The van der Waals surface area contributed by atoms with Gasteiger partial charge >= 0.3 is 7.32 Å². The molecule has 0 radical (unpaired) electrons. The Morgan fingerprint density at radius 3 is 1.42 bits per heavy atom. The predicted molar refractivity (Wildman–Crippen MR) is 138 cm³/mol. The summed E-state index contributed by atoms with van der Waals surface area (Å²) >= 11 is 0. The van der Waals surface area contributed by atoms with Crippen molar-refractivity contribution < 1.29 is 19.8 Å². The van der Waals surface area contributed by atoms with Crippen LogP contribution in [0.25, 0.3) is 11.1 Å². The second-order valence-electron chi connectivity index (χ2n) is 10.5. The van der Waals surface area contributed by atoms with Crippen molar-refractivity contribution in [1.29, 1.82) is 0 Å². The Labute approximate surface area is 199 Å². The van der Waals surface area contributed by atoms with E-state index in [9.17, 15) is 5.11 Å². The van der Waals surface area contributed by atoms with Gasteiger partial charge in [-0.2, -0.15) is 0 Å². The first-order valence-corrected chi connectivity index (χ1v) is 11.2. The fraction of sp³-hybridized carbons (Fsp3) is 0.357. The van der Waals surface area contributed by atoms with Crippen molar-refractivity contribution in [3.8, 4) is 22.6 Å². The monoisotopic (exact) mass is 448 g/mol. The van der Waals surface area contributed by atoms with E-state index in [-0.39, 0.29) is 10.8 Å². The Kier molecular flexibility index (Phi) is 8.39. The molecule has 0 unspecified atom stereocenters. The number of hydrogen-bond donors (Lipinski definition) is 3. The largest absolute Gasteiger partial charge is 0.707 e. The molecule has 0 heterocycles. The molecule has 0 amide bonds. The van der Waals surface area contributed by atoms with Crippen molar-refractivity contribution in [2.75, 3.05) is 0 Å². The molecule has 4 nitrogen and oxygen atoms in total. The van der Waals surface area contributed by atoms with Crippen molar-refractivity contribution in [2.45, 2.75) is 66.2 Å². The number of phenolic OH excluding ortho intramolecular Hbond substituents is 1. The lowest BCUT2D eigenvalue weighted by molar-refractivity contribution is 0.288. The van der Waals surface area contributed by atoms with Crippen molar-refractivity contribution >= 4 is 7.32 Å². The highest BCUT2D eigenvalue weighted by molar-refractivity contribution is 6.33. The summed E-state index contributed by atoms with van der Waals surface area (Å²) in [6.07, 6.45) is 0. The third-order valence-electron chi connectivity index (χ3n) is 5.52. The number of benzene rings is 3. The van der Waals surface area contributed by atoms with Crippen molar-refractivity contribution in [1.82, 2.24) is 0 Å². The summed E-state index contributed by atoms with van der Waals surface area (Å²) in [7, 11) is -1.75. The van der Waals surface area contributed by atoms with E-state index >= 15 is 0 Å². The standard InChI is InChI=1S/C18H22O.C10H15BO3/c1-12-10-16(19)11-13(2)17(12)14-6-8-15(9-7-14)18(3,4)5;1-10(2,3)8-4-6-9(7-5-8)14-11(12)13/h6-11,19H,1-5H3;4-7,12-13H,1-3H3. The maximum absolute atomic E-state index is 9.62. The van der Waals surface area contributed by atoms with Crippen LogP contribution in [0.4, 0.5) is 0 Å². The zero-order valence-electron chi connectivity index (χ0n) is 21.1. The fourth-order valence-electron chi connectivity index (χ4n) is 3.69. The highest BCUT2D eigenvalue weighted by Crippen LogP contribution is 2.32. The zero-order valence-corrected chi connectivity index (χ0v) is 21.1. The van der Waals surface area contributed by atoms with Crippen LogP contribution in [0.5, 0.6) is 11.5 Å². The quantitative estimate of drug-likeness (QED) is 0.411. The maximum Gasteiger partial charge on any atom is 0.707 e. The minimum absolute atomic E-state index is 0.0936. The Balaban J connectivity index is 0.000000245. The van der Waals surface area contributed by atoms with Crippen LogP contribution in [0.3, 0.4) is 0 Å². The molecule has 0 spiro atoms. The van der Waals surface area contributed by atoms with Crippen LogP contribution in [-0.4, -0.2) is 22.5 Å². The summed E-state index contributed by atoms with van der Waals surface area (Å²) in [5, 5.41) is 26.8. The molecule has 0 fully saturated rings.